The molecule has 0 fully saturated rings. The molecule has 0 radical (unpaired) electrons. The van der Waals surface area contributed by atoms with Gasteiger partial charge in [-0.05, 0) is 19.1 Å². The highest BCUT2D eigenvalue weighted by molar-refractivity contribution is 6.34. The highest BCUT2D eigenvalue weighted by atomic mass is 35.5. The molecule has 0 aliphatic rings. The number of hydrogen-bond acceptors (Lipinski definition) is 3. The lowest BCUT2D eigenvalue weighted by Crippen LogP contribution is -2.35. The molecular weight excluding hydrogens is 226 g/mol. The van der Waals surface area contributed by atoms with E-state index in [4.69, 9.17) is 17.3 Å². The van der Waals surface area contributed by atoms with Crippen LogP contribution < -0.4 is 16.0 Å². The lowest BCUT2D eigenvalue weighted by atomic mass is 10.2. The van der Waals surface area contributed by atoms with E-state index in [9.17, 15) is 4.79 Å². The van der Waals surface area contributed by atoms with Crippen LogP contribution in [0.5, 0.6) is 0 Å². The molecule has 0 saturated heterocycles. The minimum absolute atomic E-state index is 0.0516. The fourth-order valence-corrected chi connectivity index (χ4v) is 1.81. The topological polar surface area (TPSA) is 58.4 Å². The maximum atomic E-state index is 11.4. The third-order valence-electron chi connectivity index (χ3n) is 2.15. The second-order valence-corrected chi connectivity index (χ2v) is 3.89. The number of carbonyl (C=O) groups is 1. The number of hydrogen-bond donors (Lipinski definition) is 2. The summed E-state index contributed by atoms with van der Waals surface area (Å²) in [7, 11) is 1.78. The number of halogens is 1. The average molecular weight is 242 g/mol. The summed E-state index contributed by atoms with van der Waals surface area (Å²) in [6.45, 7) is 2.73. The number of para-hydroxylation sites is 1. The predicted octanol–water partition coefficient (Wildman–Crippen LogP) is 1.49. The molecule has 3 N–H and O–H groups in total. The van der Waals surface area contributed by atoms with E-state index in [0.29, 0.717) is 22.9 Å². The SMILES string of the molecule is CCNC(=O)CN(C)c1c(N)cccc1Cl. The van der Waals surface area contributed by atoms with E-state index in [1.54, 1.807) is 30.1 Å². The Morgan fingerprint density at radius 2 is 2.25 bits per heavy atom. The van der Waals surface area contributed by atoms with Gasteiger partial charge in [-0.1, -0.05) is 17.7 Å². The fourth-order valence-electron chi connectivity index (χ4n) is 1.48. The van der Waals surface area contributed by atoms with Crippen molar-refractivity contribution in [3.05, 3.63) is 23.2 Å². The number of carbonyl (C=O) groups excluding carboxylic acids is 1. The Kier molecular flexibility index (Phi) is 4.43. The molecule has 0 aliphatic heterocycles. The van der Waals surface area contributed by atoms with Gasteiger partial charge < -0.3 is 16.0 Å². The zero-order valence-electron chi connectivity index (χ0n) is 9.46. The molecule has 0 aliphatic carbocycles. The molecule has 0 aromatic heterocycles. The third-order valence-corrected chi connectivity index (χ3v) is 2.46. The molecule has 0 saturated carbocycles. The summed E-state index contributed by atoms with van der Waals surface area (Å²) in [5.41, 5.74) is 7.07. The van der Waals surface area contributed by atoms with E-state index >= 15 is 0 Å². The molecule has 4 nitrogen and oxygen atoms in total. The van der Waals surface area contributed by atoms with Gasteiger partial charge in [-0.25, -0.2) is 0 Å². The largest absolute Gasteiger partial charge is 0.397 e. The van der Waals surface area contributed by atoms with Crippen LogP contribution >= 0.6 is 11.6 Å². The Morgan fingerprint density at radius 1 is 1.56 bits per heavy atom. The van der Waals surface area contributed by atoms with Gasteiger partial charge in [0, 0.05) is 13.6 Å². The van der Waals surface area contributed by atoms with E-state index in [1.165, 1.54) is 0 Å². The molecule has 1 rings (SSSR count). The van der Waals surface area contributed by atoms with Gasteiger partial charge in [0.25, 0.3) is 0 Å². The van der Waals surface area contributed by atoms with Crippen molar-refractivity contribution >= 4 is 28.9 Å². The lowest BCUT2D eigenvalue weighted by molar-refractivity contribution is -0.119. The van der Waals surface area contributed by atoms with Crippen molar-refractivity contribution in [2.45, 2.75) is 6.92 Å². The van der Waals surface area contributed by atoms with Crippen molar-refractivity contribution in [1.29, 1.82) is 0 Å². The van der Waals surface area contributed by atoms with Gasteiger partial charge in [0.15, 0.2) is 0 Å². The van der Waals surface area contributed by atoms with Crippen LogP contribution in [0, 0.1) is 0 Å². The monoisotopic (exact) mass is 241 g/mol. The highest BCUT2D eigenvalue weighted by Crippen LogP contribution is 2.30. The van der Waals surface area contributed by atoms with Gasteiger partial charge in [0.1, 0.15) is 0 Å². The number of benzene rings is 1. The van der Waals surface area contributed by atoms with Gasteiger partial charge in [-0.3, -0.25) is 4.79 Å². The Bertz CT molecular complexity index is 361. The Labute approximate surface area is 100 Å². The molecule has 0 heterocycles. The Hall–Kier alpha value is -1.42. The van der Waals surface area contributed by atoms with Crippen LogP contribution in [0.25, 0.3) is 0 Å². The zero-order chi connectivity index (χ0) is 12.1. The molecule has 0 spiro atoms. The normalized spacial score (nSPS) is 9.94. The van der Waals surface area contributed by atoms with E-state index < -0.39 is 0 Å². The summed E-state index contributed by atoms with van der Waals surface area (Å²) in [5.74, 6) is -0.0516. The standard InChI is InChI=1S/C11H16ClN3O/c1-3-14-10(16)7-15(2)11-8(12)5-4-6-9(11)13/h4-6H,3,7,13H2,1-2H3,(H,14,16). The van der Waals surface area contributed by atoms with E-state index in [-0.39, 0.29) is 12.5 Å². The van der Waals surface area contributed by atoms with Crippen LogP contribution in [-0.4, -0.2) is 26.0 Å². The molecule has 1 amide bonds. The summed E-state index contributed by atoms with van der Waals surface area (Å²) in [5, 5.41) is 3.27. The number of rotatable bonds is 4. The number of nitrogen functional groups attached to an aromatic ring is 1. The summed E-state index contributed by atoms with van der Waals surface area (Å²) in [6, 6.07) is 5.29. The van der Waals surface area contributed by atoms with Crippen LogP contribution in [0.15, 0.2) is 18.2 Å². The summed E-state index contributed by atoms with van der Waals surface area (Å²) < 4.78 is 0. The van der Waals surface area contributed by atoms with Crippen molar-refractivity contribution < 1.29 is 4.79 Å². The van der Waals surface area contributed by atoms with Crippen LogP contribution in [-0.2, 0) is 4.79 Å². The predicted molar refractivity (Wildman–Crippen MR) is 67.8 cm³/mol. The molecule has 0 unspecified atom stereocenters. The van der Waals surface area contributed by atoms with Gasteiger partial charge in [0.2, 0.25) is 5.91 Å². The molecule has 0 atom stereocenters. The summed E-state index contributed by atoms with van der Waals surface area (Å²) in [6.07, 6.45) is 0. The molecule has 1 aromatic carbocycles. The quantitative estimate of drug-likeness (QED) is 0.786. The minimum Gasteiger partial charge on any atom is -0.397 e. The van der Waals surface area contributed by atoms with Gasteiger partial charge >= 0.3 is 0 Å². The molecule has 0 bridgehead atoms. The Morgan fingerprint density at radius 3 is 2.81 bits per heavy atom. The van der Waals surface area contributed by atoms with E-state index in [2.05, 4.69) is 5.32 Å². The maximum absolute atomic E-state index is 11.4. The zero-order valence-corrected chi connectivity index (χ0v) is 10.2. The molecule has 88 valence electrons. The number of anilines is 2. The fraction of sp³-hybridized carbons (Fsp3) is 0.364. The van der Waals surface area contributed by atoms with Crippen molar-refractivity contribution in [2.75, 3.05) is 30.8 Å². The van der Waals surface area contributed by atoms with Crippen LogP contribution in [0.1, 0.15) is 6.92 Å². The summed E-state index contributed by atoms with van der Waals surface area (Å²) >= 11 is 6.03. The number of likely N-dealkylation sites (N-methyl/N-ethyl adjacent to an activating group) is 2. The number of nitrogens with one attached hydrogen (secondary N) is 1. The number of nitrogens with zero attached hydrogens (tertiary/aromatic N) is 1. The van der Waals surface area contributed by atoms with Crippen LogP contribution in [0.2, 0.25) is 5.02 Å². The molecule has 1 aromatic rings. The average Bonchev–Trinajstić information content (AvgIpc) is 2.17. The summed E-state index contributed by atoms with van der Waals surface area (Å²) in [4.78, 5) is 13.2. The van der Waals surface area contributed by atoms with E-state index in [1.807, 2.05) is 6.92 Å². The minimum atomic E-state index is -0.0516. The number of amides is 1. The first-order valence-electron chi connectivity index (χ1n) is 5.08. The molecular formula is C11H16ClN3O. The first kappa shape index (κ1) is 12.6. The van der Waals surface area contributed by atoms with Gasteiger partial charge in [-0.2, -0.15) is 0 Å². The van der Waals surface area contributed by atoms with Crippen molar-refractivity contribution in [3.63, 3.8) is 0 Å². The maximum Gasteiger partial charge on any atom is 0.239 e. The highest BCUT2D eigenvalue weighted by Gasteiger charge is 2.12. The van der Waals surface area contributed by atoms with Gasteiger partial charge in [0.05, 0.1) is 22.9 Å². The van der Waals surface area contributed by atoms with Gasteiger partial charge in [-0.15, -0.1) is 0 Å². The molecule has 5 heteroatoms. The van der Waals surface area contributed by atoms with Crippen LogP contribution in [0.3, 0.4) is 0 Å². The second kappa shape index (κ2) is 5.61. The molecule has 16 heavy (non-hydrogen) atoms. The number of nitrogens with two attached hydrogens (primary N) is 1. The van der Waals surface area contributed by atoms with E-state index in [0.717, 1.165) is 0 Å². The smallest absolute Gasteiger partial charge is 0.239 e. The second-order valence-electron chi connectivity index (χ2n) is 3.49. The van der Waals surface area contributed by atoms with Crippen molar-refractivity contribution in [3.8, 4) is 0 Å². The van der Waals surface area contributed by atoms with Crippen molar-refractivity contribution in [2.24, 2.45) is 0 Å². The first-order valence-corrected chi connectivity index (χ1v) is 5.46. The Balaban J connectivity index is 2.80. The van der Waals surface area contributed by atoms with Crippen molar-refractivity contribution in [1.82, 2.24) is 5.32 Å². The lowest BCUT2D eigenvalue weighted by Gasteiger charge is -2.21. The van der Waals surface area contributed by atoms with Crippen LogP contribution in [0.4, 0.5) is 11.4 Å². The third kappa shape index (κ3) is 3.03. The first-order chi connectivity index (χ1) is 7.56.